The molecular formula is C8H18F2O3Si. The van der Waals surface area contributed by atoms with Gasteiger partial charge in [0.2, 0.25) is 0 Å². The van der Waals surface area contributed by atoms with E-state index >= 15 is 0 Å². The lowest BCUT2D eigenvalue weighted by atomic mass is 10.8. The highest BCUT2D eigenvalue weighted by Gasteiger charge is 2.61. The van der Waals surface area contributed by atoms with E-state index in [4.69, 9.17) is 13.3 Å². The van der Waals surface area contributed by atoms with Gasteiger partial charge in [0.15, 0.2) is 0 Å². The van der Waals surface area contributed by atoms with Gasteiger partial charge in [0.25, 0.3) is 0 Å². The molecule has 0 N–H and O–H groups in total. The average Bonchev–Trinajstić information content (AvgIpc) is 2.03. The van der Waals surface area contributed by atoms with Crippen LogP contribution >= 0.6 is 0 Å². The number of hydrogen-bond donors (Lipinski definition) is 0. The van der Waals surface area contributed by atoms with Gasteiger partial charge in [-0.3, -0.25) is 0 Å². The first-order valence-corrected chi connectivity index (χ1v) is 6.45. The van der Waals surface area contributed by atoms with Crippen LogP contribution in [0, 0.1) is 0 Å². The quantitative estimate of drug-likeness (QED) is 0.625. The summed E-state index contributed by atoms with van der Waals surface area (Å²) >= 11 is 0. The van der Waals surface area contributed by atoms with Crippen LogP contribution in [0.5, 0.6) is 0 Å². The van der Waals surface area contributed by atoms with E-state index in [0.29, 0.717) is 0 Å². The van der Waals surface area contributed by atoms with Crippen LogP contribution in [-0.4, -0.2) is 34.2 Å². The SMILES string of the molecule is CCO[Si](OCC)(OCC)C(C)(F)F. The Hall–Kier alpha value is -0.0431. The van der Waals surface area contributed by atoms with Gasteiger partial charge in [-0.2, -0.15) is 0 Å². The van der Waals surface area contributed by atoms with E-state index in [2.05, 4.69) is 0 Å². The van der Waals surface area contributed by atoms with E-state index in [1.165, 1.54) is 0 Å². The largest absolute Gasteiger partial charge is 0.574 e. The molecule has 0 aromatic carbocycles. The first kappa shape index (κ1) is 14.0. The molecule has 0 spiro atoms. The van der Waals surface area contributed by atoms with Crippen molar-refractivity contribution >= 4 is 8.80 Å². The third kappa shape index (κ3) is 3.27. The van der Waals surface area contributed by atoms with Crippen molar-refractivity contribution in [2.75, 3.05) is 19.8 Å². The minimum Gasteiger partial charge on any atom is -0.370 e. The highest BCUT2D eigenvalue weighted by molar-refractivity contribution is 6.63. The lowest BCUT2D eigenvalue weighted by molar-refractivity contribution is -0.0401. The van der Waals surface area contributed by atoms with Crippen molar-refractivity contribution in [3.8, 4) is 0 Å². The molecule has 0 bridgehead atoms. The molecule has 0 aromatic heterocycles. The molecule has 0 saturated heterocycles. The lowest BCUT2D eigenvalue weighted by Crippen LogP contribution is -2.59. The second-order valence-corrected chi connectivity index (χ2v) is 5.60. The predicted octanol–water partition coefficient (Wildman–Crippen LogP) is 2.23. The molecule has 0 radical (unpaired) electrons. The normalized spacial score (nSPS) is 13.3. The molecular weight excluding hydrogens is 210 g/mol. The van der Waals surface area contributed by atoms with Crippen LogP contribution in [0.1, 0.15) is 27.7 Å². The Balaban J connectivity index is 4.73. The lowest BCUT2D eigenvalue weighted by Gasteiger charge is -2.32. The highest BCUT2D eigenvalue weighted by atomic mass is 28.4. The third-order valence-electron chi connectivity index (χ3n) is 1.54. The van der Waals surface area contributed by atoms with Gasteiger partial charge in [-0.15, -0.1) is 0 Å². The van der Waals surface area contributed by atoms with Gasteiger partial charge >= 0.3 is 14.4 Å². The first-order chi connectivity index (χ1) is 6.43. The molecule has 6 heteroatoms. The van der Waals surface area contributed by atoms with Crippen LogP contribution in [0.4, 0.5) is 8.78 Å². The fraction of sp³-hybridized carbons (Fsp3) is 1.00. The van der Waals surface area contributed by atoms with Crippen LogP contribution in [0.2, 0.25) is 0 Å². The molecule has 86 valence electrons. The van der Waals surface area contributed by atoms with Crippen molar-refractivity contribution in [3.63, 3.8) is 0 Å². The Morgan fingerprint density at radius 1 is 0.929 bits per heavy atom. The molecule has 0 aliphatic rings. The zero-order valence-electron chi connectivity index (χ0n) is 9.10. The molecule has 0 amide bonds. The Bertz CT molecular complexity index is 144. The summed E-state index contributed by atoms with van der Waals surface area (Å²) in [5, 5.41) is 0. The van der Waals surface area contributed by atoms with Crippen LogP contribution < -0.4 is 0 Å². The smallest absolute Gasteiger partial charge is 0.370 e. The Labute approximate surface area is 84.7 Å². The summed E-state index contributed by atoms with van der Waals surface area (Å²) < 4.78 is 41.6. The molecule has 0 fully saturated rings. The number of rotatable bonds is 7. The van der Waals surface area contributed by atoms with E-state index < -0.39 is 14.4 Å². The van der Waals surface area contributed by atoms with Crippen LogP contribution in [0.15, 0.2) is 0 Å². The van der Waals surface area contributed by atoms with Crippen molar-refractivity contribution in [1.29, 1.82) is 0 Å². The maximum Gasteiger partial charge on any atom is 0.574 e. The van der Waals surface area contributed by atoms with E-state index in [9.17, 15) is 8.78 Å². The fourth-order valence-corrected chi connectivity index (χ4v) is 3.23. The van der Waals surface area contributed by atoms with Gasteiger partial charge in [0, 0.05) is 26.7 Å². The molecule has 0 atom stereocenters. The molecule has 0 aliphatic carbocycles. The molecule has 0 heterocycles. The second kappa shape index (κ2) is 5.74. The van der Waals surface area contributed by atoms with Gasteiger partial charge in [-0.05, 0) is 20.8 Å². The summed E-state index contributed by atoms with van der Waals surface area (Å²) in [7, 11) is -3.83. The summed E-state index contributed by atoms with van der Waals surface area (Å²) in [6.45, 7) is 6.20. The van der Waals surface area contributed by atoms with Crippen molar-refractivity contribution in [2.45, 2.75) is 33.2 Å². The standard InChI is InChI=1S/C8H18F2O3Si/c1-5-11-14(12-6-2,13-7-3)8(4,9)10/h5-7H2,1-4H3. The van der Waals surface area contributed by atoms with Crippen molar-refractivity contribution in [3.05, 3.63) is 0 Å². The van der Waals surface area contributed by atoms with E-state index in [1.54, 1.807) is 20.8 Å². The predicted molar refractivity (Wildman–Crippen MR) is 51.3 cm³/mol. The molecule has 0 unspecified atom stereocenters. The van der Waals surface area contributed by atoms with Crippen LogP contribution in [0.3, 0.4) is 0 Å². The Morgan fingerprint density at radius 2 is 1.21 bits per heavy atom. The third-order valence-corrected chi connectivity index (χ3v) is 4.62. The fourth-order valence-electron chi connectivity index (χ4n) is 1.08. The highest BCUT2D eigenvalue weighted by Crippen LogP contribution is 2.29. The zero-order valence-corrected chi connectivity index (χ0v) is 10.1. The topological polar surface area (TPSA) is 27.7 Å². The summed E-state index contributed by atoms with van der Waals surface area (Å²) in [6, 6.07) is 0. The number of hydrogen-bond acceptors (Lipinski definition) is 3. The summed E-state index contributed by atoms with van der Waals surface area (Å²) in [5.74, 6) is 0. The summed E-state index contributed by atoms with van der Waals surface area (Å²) in [4.78, 5) is 0. The molecule has 0 saturated carbocycles. The number of alkyl halides is 2. The molecule has 0 rings (SSSR count). The Kier molecular flexibility index (Phi) is 5.73. The van der Waals surface area contributed by atoms with Gasteiger partial charge in [0.05, 0.1) is 0 Å². The van der Waals surface area contributed by atoms with Crippen LogP contribution in [0.25, 0.3) is 0 Å². The van der Waals surface area contributed by atoms with Crippen molar-refractivity contribution in [1.82, 2.24) is 0 Å². The molecule has 14 heavy (non-hydrogen) atoms. The van der Waals surface area contributed by atoms with Gasteiger partial charge in [-0.1, -0.05) is 0 Å². The van der Waals surface area contributed by atoms with Crippen LogP contribution in [-0.2, 0) is 13.3 Å². The molecule has 0 aliphatic heterocycles. The first-order valence-electron chi connectivity index (χ1n) is 4.73. The Morgan fingerprint density at radius 3 is 1.36 bits per heavy atom. The number of halogens is 2. The monoisotopic (exact) mass is 228 g/mol. The maximum absolute atomic E-state index is 13.3. The summed E-state index contributed by atoms with van der Waals surface area (Å²) in [5.41, 5.74) is -3.06. The minimum atomic E-state index is -3.83. The maximum atomic E-state index is 13.3. The second-order valence-electron chi connectivity index (χ2n) is 2.74. The molecule has 0 aromatic rings. The van der Waals surface area contributed by atoms with Gasteiger partial charge in [-0.25, -0.2) is 8.78 Å². The zero-order chi connectivity index (χ0) is 11.2. The average molecular weight is 228 g/mol. The minimum absolute atomic E-state index is 0.162. The van der Waals surface area contributed by atoms with E-state index in [1.807, 2.05) is 0 Å². The van der Waals surface area contributed by atoms with Crippen molar-refractivity contribution in [2.24, 2.45) is 0 Å². The summed E-state index contributed by atoms with van der Waals surface area (Å²) in [6.07, 6.45) is 0. The van der Waals surface area contributed by atoms with Crippen molar-refractivity contribution < 1.29 is 22.1 Å². The van der Waals surface area contributed by atoms with Gasteiger partial charge in [0.1, 0.15) is 0 Å². The van der Waals surface area contributed by atoms with Gasteiger partial charge < -0.3 is 13.3 Å². The molecule has 3 nitrogen and oxygen atoms in total. The van der Waals surface area contributed by atoms with E-state index in [0.717, 1.165) is 6.92 Å². The van der Waals surface area contributed by atoms with E-state index in [-0.39, 0.29) is 19.8 Å².